The van der Waals surface area contributed by atoms with Gasteiger partial charge in [0.25, 0.3) is 0 Å². The average molecular weight is 731 g/mol. The minimum Gasteiger partial charge on any atom is -0.456 e. The second-order valence-corrected chi connectivity index (χ2v) is 14.9. The molecule has 11 aromatic rings. The normalized spacial score (nSPS) is 12.7. The van der Waals surface area contributed by atoms with Crippen molar-refractivity contribution in [3.63, 3.8) is 0 Å². The van der Waals surface area contributed by atoms with Gasteiger partial charge in [-0.15, -0.1) is 0 Å². The van der Waals surface area contributed by atoms with Crippen molar-refractivity contribution in [2.24, 2.45) is 0 Å². The van der Waals surface area contributed by atoms with Gasteiger partial charge in [-0.1, -0.05) is 109 Å². The number of nitrogens with zero attached hydrogens (tertiary/aromatic N) is 4. The molecule has 4 heterocycles. The molecule has 12 rings (SSSR count). The molecule has 0 bridgehead atoms. The maximum absolute atomic E-state index is 6.18. The Morgan fingerprint density at radius 3 is 1.96 bits per heavy atom. The van der Waals surface area contributed by atoms with E-state index in [2.05, 4.69) is 179 Å². The summed E-state index contributed by atoms with van der Waals surface area (Å²) in [6.07, 6.45) is 6.64. The highest BCUT2D eigenvalue weighted by Crippen LogP contribution is 2.41. The molecule has 0 aliphatic heterocycles. The number of allylic oxidation sites excluding steroid dienone is 1. The van der Waals surface area contributed by atoms with Gasteiger partial charge < -0.3 is 8.98 Å². The fourth-order valence-electron chi connectivity index (χ4n) is 8.99. The predicted octanol–water partition coefficient (Wildman–Crippen LogP) is 13.4. The third kappa shape index (κ3) is 4.95. The Labute approximate surface area is 328 Å². The van der Waals surface area contributed by atoms with E-state index in [0.717, 1.165) is 96.0 Å². The molecule has 0 saturated heterocycles. The zero-order chi connectivity index (χ0) is 37.5. The highest BCUT2D eigenvalue weighted by molar-refractivity contribution is 6.15. The first-order valence-corrected chi connectivity index (χ1v) is 19.6. The summed E-state index contributed by atoms with van der Waals surface area (Å²) in [5.74, 6) is 0.688. The number of hydrogen-bond acceptors (Lipinski definition) is 3. The molecule has 1 aliphatic rings. The van der Waals surface area contributed by atoms with Crippen molar-refractivity contribution >= 4 is 60.9 Å². The van der Waals surface area contributed by atoms with Crippen molar-refractivity contribution in [3.05, 3.63) is 187 Å². The Morgan fingerprint density at radius 2 is 1.12 bits per heavy atom. The lowest BCUT2D eigenvalue weighted by Gasteiger charge is -2.14. The number of furan rings is 1. The van der Waals surface area contributed by atoms with Crippen molar-refractivity contribution in [2.75, 3.05) is 0 Å². The van der Waals surface area contributed by atoms with Crippen LogP contribution in [0.15, 0.2) is 180 Å². The van der Waals surface area contributed by atoms with E-state index in [4.69, 9.17) is 14.4 Å². The summed E-state index contributed by atoms with van der Waals surface area (Å²) in [5, 5.41) is 5.65. The lowest BCUT2D eigenvalue weighted by molar-refractivity contribution is 0.669. The summed E-state index contributed by atoms with van der Waals surface area (Å²) in [7, 11) is 0. The number of fused-ring (bicyclic) bond motifs is 9. The molecule has 4 aromatic heterocycles. The van der Waals surface area contributed by atoms with E-state index in [1.165, 1.54) is 22.2 Å². The monoisotopic (exact) mass is 730 g/mol. The molecule has 0 radical (unpaired) electrons. The number of para-hydroxylation sites is 3. The van der Waals surface area contributed by atoms with E-state index in [1.54, 1.807) is 0 Å². The van der Waals surface area contributed by atoms with Crippen LogP contribution < -0.4 is 0 Å². The second kappa shape index (κ2) is 12.5. The van der Waals surface area contributed by atoms with Gasteiger partial charge in [0.1, 0.15) is 16.8 Å². The Morgan fingerprint density at radius 1 is 0.474 bits per heavy atom. The van der Waals surface area contributed by atoms with Crippen LogP contribution in [0.2, 0.25) is 0 Å². The first-order valence-electron chi connectivity index (χ1n) is 19.6. The molecule has 0 amide bonds. The van der Waals surface area contributed by atoms with Crippen molar-refractivity contribution in [3.8, 4) is 45.1 Å². The van der Waals surface area contributed by atoms with E-state index in [1.807, 2.05) is 12.1 Å². The van der Waals surface area contributed by atoms with Crippen LogP contribution in [0.5, 0.6) is 0 Å². The fraction of sp³-hybridized carbons (Fsp3) is 0.0385. The van der Waals surface area contributed by atoms with Crippen LogP contribution in [-0.2, 0) is 6.42 Å². The summed E-state index contributed by atoms with van der Waals surface area (Å²) in [4.78, 5) is 10.9. The van der Waals surface area contributed by atoms with Crippen LogP contribution in [0.3, 0.4) is 0 Å². The molecule has 1 aliphatic carbocycles. The summed E-state index contributed by atoms with van der Waals surface area (Å²) >= 11 is 0. The topological polar surface area (TPSA) is 48.8 Å². The first-order chi connectivity index (χ1) is 28.3. The lowest BCUT2D eigenvalue weighted by atomic mass is 9.99. The van der Waals surface area contributed by atoms with E-state index in [0.29, 0.717) is 5.82 Å². The van der Waals surface area contributed by atoms with E-state index >= 15 is 0 Å². The number of benzene rings is 7. The molecule has 0 spiro atoms. The Balaban J connectivity index is 1.08. The molecule has 0 N–H and O–H groups in total. The second-order valence-electron chi connectivity index (χ2n) is 14.9. The summed E-state index contributed by atoms with van der Waals surface area (Å²) in [6, 6.07) is 60.1. The van der Waals surface area contributed by atoms with Gasteiger partial charge >= 0.3 is 0 Å². The maximum Gasteiger partial charge on any atom is 0.162 e. The van der Waals surface area contributed by atoms with Crippen molar-refractivity contribution < 1.29 is 4.42 Å². The quantitative estimate of drug-likeness (QED) is 0.177. The molecule has 0 fully saturated rings. The van der Waals surface area contributed by atoms with Crippen LogP contribution in [0, 0.1) is 0 Å². The van der Waals surface area contributed by atoms with Gasteiger partial charge in [0.2, 0.25) is 0 Å². The third-order valence-electron chi connectivity index (χ3n) is 11.6. The van der Waals surface area contributed by atoms with Crippen LogP contribution in [-0.4, -0.2) is 19.1 Å². The minimum atomic E-state index is 0.688. The summed E-state index contributed by atoms with van der Waals surface area (Å²) < 4.78 is 10.9. The number of aromatic nitrogens is 4. The summed E-state index contributed by atoms with van der Waals surface area (Å²) in [6.45, 7) is 0. The SMILES string of the molecule is C1=Cc2c(n(-c3ccc(-c4nc(-c5ccccc5)c5c6cc(-c7ccc8oc9ccccc9c8c7)ccc6n(-c6ccccc6)c5n4)cc3)c3ccccc23)CC1. The van der Waals surface area contributed by atoms with Crippen molar-refractivity contribution in [1.29, 1.82) is 0 Å². The highest BCUT2D eigenvalue weighted by Gasteiger charge is 2.23. The smallest absolute Gasteiger partial charge is 0.162 e. The lowest BCUT2D eigenvalue weighted by Crippen LogP contribution is -2.03. The zero-order valence-corrected chi connectivity index (χ0v) is 30.9. The third-order valence-corrected chi connectivity index (χ3v) is 11.6. The van der Waals surface area contributed by atoms with Gasteiger partial charge in [0.15, 0.2) is 5.82 Å². The Kier molecular flexibility index (Phi) is 6.99. The first kappa shape index (κ1) is 31.8. The van der Waals surface area contributed by atoms with E-state index in [-0.39, 0.29) is 0 Å². The molecule has 5 heteroatoms. The molecule has 5 nitrogen and oxygen atoms in total. The number of hydrogen-bond donors (Lipinski definition) is 0. The van der Waals surface area contributed by atoms with E-state index in [9.17, 15) is 0 Å². The van der Waals surface area contributed by atoms with Crippen molar-refractivity contribution in [2.45, 2.75) is 12.8 Å². The molecule has 268 valence electrons. The minimum absolute atomic E-state index is 0.688. The zero-order valence-electron chi connectivity index (χ0n) is 30.9. The van der Waals surface area contributed by atoms with E-state index < -0.39 is 0 Å². The van der Waals surface area contributed by atoms with Crippen LogP contribution in [0.1, 0.15) is 17.7 Å². The fourth-order valence-corrected chi connectivity index (χ4v) is 8.99. The summed E-state index contributed by atoms with van der Waals surface area (Å²) in [5.41, 5.74) is 15.0. The van der Waals surface area contributed by atoms with Gasteiger partial charge in [-0.25, -0.2) is 9.97 Å². The molecule has 0 unspecified atom stereocenters. The average Bonchev–Trinajstić information content (AvgIpc) is 3.94. The molecule has 57 heavy (non-hydrogen) atoms. The maximum atomic E-state index is 6.18. The standard InChI is InChI=1S/C52H34N4O/c1-3-13-33(14-4-1)50-49-43-32-35(36-26-30-48-42(31-36)41-19-9-12-22-47(41)57-48)25-29-46(43)56(37-15-5-2-6-16-37)52(49)54-51(53-50)34-23-27-38(28-24-34)55-44-20-10-7-17-39(44)40-18-8-11-21-45(40)55/h1-10,12-20,22-32H,11,21H2. The molecule has 0 saturated carbocycles. The van der Waals surface area contributed by atoms with Gasteiger partial charge in [-0.2, -0.15) is 0 Å². The molecular weight excluding hydrogens is 697 g/mol. The van der Waals surface area contributed by atoms with Gasteiger partial charge in [0, 0.05) is 55.3 Å². The van der Waals surface area contributed by atoms with Gasteiger partial charge in [-0.3, -0.25) is 4.57 Å². The van der Waals surface area contributed by atoms with Crippen LogP contribution in [0.25, 0.3) is 106 Å². The molecule has 0 atom stereocenters. The van der Waals surface area contributed by atoms with Crippen molar-refractivity contribution in [1.82, 2.24) is 19.1 Å². The Hall–Kier alpha value is -7.50. The molecule has 7 aromatic carbocycles. The van der Waals surface area contributed by atoms with Gasteiger partial charge in [0.05, 0.1) is 22.1 Å². The largest absolute Gasteiger partial charge is 0.456 e. The Bertz CT molecular complexity index is 3390. The van der Waals surface area contributed by atoms with Gasteiger partial charge in [-0.05, 0) is 96.8 Å². The number of rotatable bonds is 5. The predicted molar refractivity (Wildman–Crippen MR) is 234 cm³/mol. The van der Waals surface area contributed by atoms with Crippen LogP contribution >= 0.6 is 0 Å². The molecular formula is C52H34N4O. The van der Waals surface area contributed by atoms with Crippen LogP contribution in [0.4, 0.5) is 0 Å². The highest BCUT2D eigenvalue weighted by atomic mass is 16.3.